The number of esters is 2. The van der Waals surface area contributed by atoms with Crippen molar-refractivity contribution in [1.29, 1.82) is 0 Å². The van der Waals surface area contributed by atoms with Crippen LogP contribution in [0.2, 0.25) is 0 Å². The Labute approximate surface area is 313 Å². The van der Waals surface area contributed by atoms with Gasteiger partial charge < -0.3 is 14.8 Å². The summed E-state index contributed by atoms with van der Waals surface area (Å²) in [6.07, 6.45) is 44.8. The first kappa shape index (κ1) is 46.1. The third-order valence-electron chi connectivity index (χ3n) is 8.96. The maximum Gasteiger partial charge on any atom is 0.306 e. The van der Waals surface area contributed by atoms with Gasteiger partial charge in [-0.05, 0) is 107 Å². The first-order valence-electron chi connectivity index (χ1n) is 20.8. The molecule has 0 aliphatic rings. The number of carbonyl (C=O) groups excluding carboxylic acids is 2. The van der Waals surface area contributed by atoms with Crippen molar-refractivity contribution in [3.8, 4) is 0 Å². The fraction of sp³-hybridized carbons (Fsp3) is 0.652. The maximum atomic E-state index is 12.4. The quantitative estimate of drug-likeness (QED) is 0.0439. The lowest BCUT2D eigenvalue weighted by atomic mass is 10.1. The summed E-state index contributed by atoms with van der Waals surface area (Å²) in [5, 5.41) is 3.18. The fourth-order valence-corrected chi connectivity index (χ4v) is 5.95. The molecule has 1 aromatic carbocycles. The predicted molar refractivity (Wildman–Crippen MR) is 218 cm³/mol. The summed E-state index contributed by atoms with van der Waals surface area (Å²) in [6, 6.07) is 6.09. The summed E-state index contributed by atoms with van der Waals surface area (Å²) >= 11 is 0. The van der Waals surface area contributed by atoms with Crippen LogP contribution in [0.4, 0.5) is 0 Å². The van der Waals surface area contributed by atoms with Gasteiger partial charge in [0.2, 0.25) is 0 Å². The Morgan fingerprint density at radius 2 is 0.843 bits per heavy atom. The van der Waals surface area contributed by atoms with Crippen LogP contribution in [0.3, 0.4) is 0 Å². The molecule has 0 fully saturated rings. The fourth-order valence-electron chi connectivity index (χ4n) is 5.95. The zero-order valence-electron chi connectivity index (χ0n) is 33.1. The smallest absolute Gasteiger partial charge is 0.306 e. The largest absolute Gasteiger partial charge is 0.461 e. The van der Waals surface area contributed by atoms with Gasteiger partial charge in [0.1, 0.15) is 13.2 Å². The van der Waals surface area contributed by atoms with Gasteiger partial charge in [-0.2, -0.15) is 0 Å². The average Bonchev–Trinajstić information content (AvgIpc) is 3.13. The molecule has 0 atom stereocenters. The number of unbranched alkanes of at least 4 members (excludes halogenated alkanes) is 16. The first-order valence-corrected chi connectivity index (χ1v) is 20.8. The van der Waals surface area contributed by atoms with Crippen LogP contribution in [-0.2, 0) is 38.8 Å². The van der Waals surface area contributed by atoms with Gasteiger partial charge in [-0.1, -0.05) is 139 Å². The monoisotopic (exact) mass is 706 g/mol. The number of nitrogens with one attached hydrogen (secondary N) is 1. The van der Waals surface area contributed by atoms with Crippen LogP contribution in [0.1, 0.15) is 185 Å². The number of rotatable bonds is 34. The lowest BCUT2D eigenvalue weighted by molar-refractivity contribution is -0.145. The van der Waals surface area contributed by atoms with Crippen molar-refractivity contribution in [3.63, 3.8) is 0 Å². The summed E-state index contributed by atoms with van der Waals surface area (Å²) in [5.41, 5.74) is 2.94. The van der Waals surface area contributed by atoms with Gasteiger partial charge in [0.05, 0.1) is 0 Å². The SMILES string of the molecule is CCCCC/C=C\C/C=C\CCCCCCCC(=O)OCc1cc(CNC)cc(COC(=O)CCCCCCC/C=C\C/C=C\CCCCC)c1. The van der Waals surface area contributed by atoms with Crippen molar-refractivity contribution in [2.24, 2.45) is 0 Å². The second-order valence-electron chi connectivity index (χ2n) is 14.0. The molecule has 288 valence electrons. The van der Waals surface area contributed by atoms with E-state index < -0.39 is 0 Å². The Balaban J connectivity index is 2.17. The van der Waals surface area contributed by atoms with Crippen LogP contribution < -0.4 is 5.32 Å². The molecular formula is C46H75NO4. The minimum atomic E-state index is -0.148. The Hall–Kier alpha value is -2.92. The zero-order chi connectivity index (χ0) is 36.9. The molecule has 0 radical (unpaired) electrons. The van der Waals surface area contributed by atoms with E-state index in [-0.39, 0.29) is 25.2 Å². The maximum absolute atomic E-state index is 12.4. The van der Waals surface area contributed by atoms with Crippen LogP contribution in [0.5, 0.6) is 0 Å². The first-order chi connectivity index (χ1) is 25.1. The molecule has 0 saturated heterocycles. The van der Waals surface area contributed by atoms with E-state index in [1.54, 1.807) is 0 Å². The minimum Gasteiger partial charge on any atom is -0.461 e. The molecule has 0 bridgehead atoms. The van der Waals surface area contributed by atoms with Crippen molar-refractivity contribution < 1.29 is 19.1 Å². The summed E-state index contributed by atoms with van der Waals surface area (Å²) in [6.45, 7) is 5.66. The van der Waals surface area contributed by atoms with E-state index in [2.05, 4.69) is 79.9 Å². The highest BCUT2D eigenvalue weighted by atomic mass is 16.5. The van der Waals surface area contributed by atoms with Gasteiger partial charge in [0.15, 0.2) is 0 Å². The molecule has 1 rings (SSSR count). The van der Waals surface area contributed by atoms with Crippen LogP contribution >= 0.6 is 0 Å². The molecule has 0 aliphatic carbocycles. The number of benzene rings is 1. The lowest BCUT2D eigenvalue weighted by Gasteiger charge is -2.11. The van der Waals surface area contributed by atoms with E-state index >= 15 is 0 Å². The standard InChI is InChI=1S/C46H75NO4/c1-4-6-8-10-12-14-16-18-20-22-24-26-28-30-32-34-45(48)50-40-43-36-42(39-47-3)37-44(38-43)41-51-46(49)35-33-31-29-27-25-23-21-19-17-15-13-11-9-7-5-2/h12-15,18-21,36-38,47H,4-11,16-17,22-35,39-41H2,1-3H3/b14-12-,15-13-,20-18-,21-19-. The van der Waals surface area contributed by atoms with Crippen molar-refractivity contribution >= 4 is 11.9 Å². The van der Waals surface area contributed by atoms with Crippen molar-refractivity contribution in [3.05, 3.63) is 83.5 Å². The van der Waals surface area contributed by atoms with Gasteiger partial charge in [-0.3, -0.25) is 9.59 Å². The highest BCUT2D eigenvalue weighted by Crippen LogP contribution is 2.16. The third kappa shape index (κ3) is 30.4. The Morgan fingerprint density at radius 3 is 1.24 bits per heavy atom. The Kier molecular flexibility index (Phi) is 32.1. The molecule has 51 heavy (non-hydrogen) atoms. The molecule has 5 nitrogen and oxygen atoms in total. The van der Waals surface area contributed by atoms with Crippen molar-refractivity contribution in [2.45, 2.75) is 188 Å². The molecule has 0 unspecified atom stereocenters. The van der Waals surface area contributed by atoms with Crippen LogP contribution in [0, 0.1) is 0 Å². The third-order valence-corrected chi connectivity index (χ3v) is 8.96. The molecule has 0 aromatic heterocycles. The average molecular weight is 706 g/mol. The minimum absolute atomic E-state index is 0.148. The number of ether oxygens (including phenoxy) is 2. The van der Waals surface area contributed by atoms with Crippen LogP contribution in [-0.4, -0.2) is 19.0 Å². The normalized spacial score (nSPS) is 11.9. The highest BCUT2D eigenvalue weighted by molar-refractivity contribution is 5.69. The van der Waals surface area contributed by atoms with Gasteiger partial charge in [-0.15, -0.1) is 0 Å². The van der Waals surface area contributed by atoms with E-state index in [1.807, 2.05) is 13.1 Å². The van der Waals surface area contributed by atoms with Gasteiger partial charge in [0.25, 0.3) is 0 Å². The van der Waals surface area contributed by atoms with Crippen molar-refractivity contribution in [2.75, 3.05) is 7.05 Å². The Morgan fingerprint density at radius 1 is 0.490 bits per heavy atom. The molecule has 0 saturated carbocycles. The van der Waals surface area contributed by atoms with E-state index in [4.69, 9.17) is 9.47 Å². The number of allylic oxidation sites excluding steroid dienone is 8. The summed E-state index contributed by atoms with van der Waals surface area (Å²) < 4.78 is 11.2. The molecule has 0 spiro atoms. The van der Waals surface area contributed by atoms with Gasteiger partial charge in [-0.25, -0.2) is 0 Å². The summed E-state index contributed by atoms with van der Waals surface area (Å²) in [7, 11) is 1.91. The second kappa shape index (κ2) is 35.5. The highest BCUT2D eigenvalue weighted by Gasteiger charge is 2.09. The Bertz CT molecular complexity index is 1020. The van der Waals surface area contributed by atoms with E-state index in [1.165, 1.54) is 77.0 Å². The summed E-state index contributed by atoms with van der Waals surface area (Å²) in [4.78, 5) is 24.8. The van der Waals surface area contributed by atoms with Crippen LogP contribution in [0.15, 0.2) is 66.8 Å². The van der Waals surface area contributed by atoms with Crippen molar-refractivity contribution in [1.82, 2.24) is 5.32 Å². The number of hydrogen-bond donors (Lipinski definition) is 1. The van der Waals surface area contributed by atoms with E-state index in [0.29, 0.717) is 19.4 Å². The topological polar surface area (TPSA) is 64.6 Å². The molecular weight excluding hydrogens is 631 g/mol. The molecule has 5 heteroatoms. The lowest BCUT2D eigenvalue weighted by Crippen LogP contribution is -2.09. The zero-order valence-corrected chi connectivity index (χ0v) is 33.1. The number of carbonyl (C=O) groups is 2. The van der Waals surface area contributed by atoms with Crippen LogP contribution in [0.25, 0.3) is 0 Å². The van der Waals surface area contributed by atoms with E-state index in [9.17, 15) is 9.59 Å². The second-order valence-corrected chi connectivity index (χ2v) is 14.0. The predicted octanol–water partition coefficient (Wildman–Crippen LogP) is 13.1. The summed E-state index contributed by atoms with van der Waals surface area (Å²) in [5.74, 6) is -0.296. The molecule has 0 aliphatic heterocycles. The molecule has 0 heterocycles. The molecule has 1 N–H and O–H groups in total. The van der Waals surface area contributed by atoms with Gasteiger partial charge >= 0.3 is 11.9 Å². The van der Waals surface area contributed by atoms with E-state index in [0.717, 1.165) is 80.9 Å². The number of hydrogen-bond acceptors (Lipinski definition) is 5. The van der Waals surface area contributed by atoms with Gasteiger partial charge in [0, 0.05) is 19.4 Å². The molecule has 0 amide bonds. The molecule has 1 aromatic rings.